The molecule has 1 atom stereocenters. The van der Waals surface area contributed by atoms with Crippen LogP contribution < -0.4 is 5.32 Å². The number of rotatable bonds is 4. The van der Waals surface area contributed by atoms with E-state index in [2.05, 4.69) is 53.6 Å². The fourth-order valence-electron chi connectivity index (χ4n) is 4.13. The van der Waals surface area contributed by atoms with E-state index in [1.807, 2.05) is 17.0 Å². The van der Waals surface area contributed by atoms with Gasteiger partial charge in [-0.1, -0.05) is 36.4 Å². The molecular formula is C24H25N3O2. The standard InChI is InChI=1S/C24H25N3O2/c1-16(18-7-6-17-4-2-3-5-19(17)12-18)27(22-8-9-22)24(28)26-21-13-20-15-29-11-10-23(20)25-14-21/h2-7,12-14,16,22H,8-11,15H2,1H3,(H,26,28). The van der Waals surface area contributed by atoms with Crippen LogP contribution in [0.3, 0.4) is 0 Å². The maximum absolute atomic E-state index is 13.2. The van der Waals surface area contributed by atoms with Crippen LogP contribution in [0.5, 0.6) is 0 Å². The van der Waals surface area contributed by atoms with Gasteiger partial charge in [0.2, 0.25) is 0 Å². The van der Waals surface area contributed by atoms with Gasteiger partial charge in [0, 0.05) is 23.7 Å². The van der Waals surface area contributed by atoms with Crippen molar-refractivity contribution >= 4 is 22.5 Å². The molecule has 3 aromatic rings. The lowest BCUT2D eigenvalue weighted by Gasteiger charge is -2.30. The van der Waals surface area contributed by atoms with E-state index >= 15 is 0 Å². The molecule has 1 aliphatic heterocycles. The maximum Gasteiger partial charge on any atom is 0.322 e. The van der Waals surface area contributed by atoms with E-state index in [1.165, 1.54) is 10.8 Å². The molecule has 5 rings (SSSR count). The van der Waals surface area contributed by atoms with Gasteiger partial charge < -0.3 is 15.0 Å². The molecule has 0 bridgehead atoms. The van der Waals surface area contributed by atoms with Crippen LogP contribution in [0, 0.1) is 0 Å². The molecule has 2 aliphatic rings. The van der Waals surface area contributed by atoms with Crippen LogP contribution in [0.25, 0.3) is 10.8 Å². The Balaban J connectivity index is 1.38. The van der Waals surface area contributed by atoms with Crippen LogP contribution in [0.15, 0.2) is 54.7 Å². The van der Waals surface area contributed by atoms with E-state index in [0.717, 1.165) is 41.8 Å². The first-order valence-electron chi connectivity index (χ1n) is 10.3. The minimum Gasteiger partial charge on any atom is -0.376 e. The molecule has 148 valence electrons. The summed E-state index contributed by atoms with van der Waals surface area (Å²) in [5.41, 5.74) is 4.02. The Morgan fingerprint density at radius 1 is 1.17 bits per heavy atom. The summed E-state index contributed by atoms with van der Waals surface area (Å²) < 4.78 is 5.52. The monoisotopic (exact) mass is 387 g/mol. The largest absolute Gasteiger partial charge is 0.376 e. The lowest BCUT2D eigenvalue weighted by molar-refractivity contribution is 0.109. The third-order valence-corrected chi connectivity index (χ3v) is 5.90. The van der Waals surface area contributed by atoms with Crippen LogP contribution in [-0.2, 0) is 17.8 Å². The van der Waals surface area contributed by atoms with Gasteiger partial charge in [0.15, 0.2) is 0 Å². The molecule has 1 saturated carbocycles. The molecule has 5 nitrogen and oxygen atoms in total. The number of hydrogen-bond acceptors (Lipinski definition) is 3. The van der Waals surface area contributed by atoms with Crippen molar-refractivity contribution in [3.63, 3.8) is 0 Å². The molecule has 2 amide bonds. The number of amides is 2. The van der Waals surface area contributed by atoms with E-state index in [1.54, 1.807) is 6.20 Å². The van der Waals surface area contributed by atoms with Crippen molar-refractivity contribution in [2.24, 2.45) is 0 Å². The Morgan fingerprint density at radius 2 is 2.00 bits per heavy atom. The number of ether oxygens (including phenoxy) is 1. The number of urea groups is 1. The van der Waals surface area contributed by atoms with Crippen LogP contribution in [0.4, 0.5) is 10.5 Å². The molecule has 2 heterocycles. The SMILES string of the molecule is CC(c1ccc2ccccc2c1)N(C(=O)Nc1cnc2c(c1)COCC2)C1CC1. The first-order valence-corrected chi connectivity index (χ1v) is 10.3. The lowest BCUT2D eigenvalue weighted by atomic mass is 10.0. The highest BCUT2D eigenvalue weighted by molar-refractivity contribution is 5.90. The summed E-state index contributed by atoms with van der Waals surface area (Å²) in [7, 11) is 0. The van der Waals surface area contributed by atoms with Crippen LogP contribution in [0.1, 0.15) is 42.6 Å². The molecule has 0 radical (unpaired) electrons. The van der Waals surface area contributed by atoms with E-state index in [9.17, 15) is 4.79 Å². The first kappa shape index (κ1) is 18.1. The number of carbonyl (C=O) groups excluding carboxylic acids is 1. The number of nitrogens with zero attached hydrogens (tertiary/aromatic N) is 2. The number of fused-ring (bicyclic) bond motifs is 2. The van der Waals surface area contributed by atoms with Crippen molar-refractivity contribution in [2.45, 2.75) is 44.9 Å². The number of aromatic nitrogens is 1. The van der Waals surface area contributed by atoms with Gasteiger partial charge >= 0.3 is 6.03 Å². The molecule has 1 aliphatic carbocycles. The van der Waals surface area contributed by atoms with E-state index < -0.39 is 0 Å². The fourth-order valence-corrected chi connectivity index (χ4v) is 4.13. The lowest BCUT2D eigenvalue weighted by Crippen LogP contribution is -2.38. The van der Waals surface area contributed by atoms with Gasteiger partial charge in [0.25, 0.3) is 0 Å². The molecule has 0 spiro atoms. The zero-order valence-corrected chi connectivity index (χ0v) is 16.6. The average molecular weight is 387 g/mol. The first-order chi connectivity index (χ1) is 14.2. The zero-order valence-electron chi connectivity index (χ0n) is 16.6. The van der Waals surface area contributed by atoms with E-state index in [4.69, 9.17) is 4.74 Å². The Kier molecular flexibility index (Phi) is 4.68. The van der Waals surface area contributed by atoms with Gasteiger partial charge in [-0.25, -0.2) is 4.79 Å². The van der Waals surface area contributed by atoms with Crippen LogP contribution in [-0.4, -0.2) is 28.6 Å². The van der Waals surface area contributed by atoms with Gasteiger partial charge in [0.1, 0.15) is 0 Å². The summed E-state index contributed by atoms with van der Waals surface area (Å²) in [4.78, 5) is 19.7. The molecule has 1 aromatic heterocycles. The quantitative estimate of drug-likeness (QED) is 0.680. The van der Waals surface area contributed by atoms with Crippen molar-refractivity contribution < 1.29 is 9.53 Å². The van der Waals surface area contributed by atoms with Crippen molar-refractivity contribution in [2.75, 3.05) is 11.9 Å². The van der Waals surface area contributed by atoms with Crippen molar-refractivity contribution in [3.8, 4) is 0 Å². The number of carbonyl (C=O) groups is 1. The number of nitrogens with one attached hydrogen (secondary N) is 1. The van der Waals surface area contributed by atoms with E-state index in [0.29, 0.717) is 19.3 Å². The van der Waals surface area contributed by atoms with Gasteiger partial charge in [0.05, 0.1) is 31.1 Å². The Morgan fingerprint density at radius 3 is 2.83 bits per heavy atom. The molecular weight excluding hydrogens is 362 g/mol. The third kappa shape index (κ3) is 3.70. The van der Waals surface area contributed by atoms with Crippen molar-refractivity contribution in [3.05, 3.63) is 71.5 Å². The molecule has 5 heteroatoms. The second-order valence-corrected chi connectivity index (χ2v) is 7.98. The normalized spacial score (nSPS) is 16.9. The smallest absolute Gasteiger partial charge is 0.322 e. The number of hydrogen-bond donors (Lipinski definition) is 1. The zero-order chi connectivity index (χ0) is 19.8. The van der Waals surface area contributed by atoms with Gasteiger partial charge in [-0.15, -0.1) is 0 Å². The maximum atomic E-state index is 13.2. The number of anilines is 1. The van der Waals surface area contributed by atoms with Gasteiger partial charge in [-0.05, 0) is 48.2 Å². The number of benzene rings is 2. The van der Waals surface area contributed by atoms with Crippen molar-refractivity contribution in [1.29, 1.82) is 0 Å². The minimum absolute atomic E-state index is 0.000950. The summed E-state index contributed by atoms with van der Waals surface area (Å²) in [6.07, 6.45) is 4.70. The van der Waals surface area contributed by atoms with Crippen molar-refractivity contribution in [1.82, 2.24) is 9.88 Å². The second kappa shape index (κ2) is 7.48. The van der Waals surface area contributed by atoms with Crippen LogP contribution in [0.2, 0.25) is 0 Å². The summed E-state index contributed by atoms with van der Waals surface area (Å²) in [5, 5.41) is 5.49. The highest BCUT2D eigenvalue weighted by Crippen LogP contribution is 2.35. The predicted molar refractivity (Wildman–Crippen MR) is 114 cm³/mol. The summed E-state index contributed by atoms with van der Waals surface area (Å²) >= 11 is 0. The number of pyridine rings is 1. The van der Waals surface area contributed by atoms with Crippen LogP contribution >= 0.6 is 0 Å². The Labute approximate surface area is 170 Å². The summed E-state index contributed by atoms with van der Waals surface area (Å²) in [6, 6.07) is 17.0. The molecule has 1 unspecified atom stereocenters. The molecule has 1 fully saturated rings. The predicted octanol–water partition coefficient (Wildman–Crippen LogP) is 5.07. The highest BCUT2D eigenvalue weighted by atomic mass is 16.5. The Hall–Kier alpha value is -2.92. The summed E-state index contributed by atoms with van der Waals surface area (Å²) in [5.74, 6) is 0. The fraction of sp³-hybridized carbons (Fsp3) is 0.333. The topological polar surface area (TPSA) is 54.5 Å². The third-order valence-electron chi connectivity index (χ3n) is 5.90. The Bertz CT molecular complexity index is 1060. The van der Waals surface area contributed by atoms with E-state index in [-0.39, 0.29) is 12.1 Å². The molecule has 2 aromatic carbocycles. The molecule has 1 N–H and O–H groups in total. The van der Waals surface area contributed by atoms with Gasteiger partial charge in [-0.2, -0.15) is 0 Å². The highest BCUT2D eigenvalue weighted by Gasteiger charge is 2.36. The van der Waals surface area contributed by atoms with Gasteiger partial charge in [-0.3, -0.25) is 4.98 Å². The molecule has 29 heavy (non-hydrogen) atoms. The average Bonchev–Trinajstić information content (AvgIpc) is 3.58. The minimum atomic E-state index is -0.0633. The summed E-state index contributed by atoms with van der Waals surface area (Å²) in [6.45, 7) is 3.39. The second-order valence-electron chi connectivity index (χ2n) is 7.98. The molecule has 0 saturated heterocycles.